The predicted molar refractivity (Wildman–Crippen MR) is 104 cm³/mol. The molecule has 0 aromatic rings. The normalized spacial score (nSPS) is 16.4. The maximum Gasteiger partial charge on any atom is 0.139 e. The average molecular weight is 331 g/mol. The molecule has 22 heavy (non-hydrogen) atoms. The number of rotatable bonds is 10. The third kappa shape index (κ3) is 11.6. The molecule has 0 saturated heterocycles. The first kappa shape index (κ1) is 22.1. The molecule has 132 valence electrons. The summed E-state index contributed by atoms with van der Waals surface area (Å²) in [6.45, 7) is 21.7. The van der Waals surface area contributed by atoms with Crippen LogP contribution in [0, 0.1) is 10.8 Å². The van der Waals surface area contributed by atoms with E-state index in [0.29, 0.717) is 5.41 Å². The van der Waals surface area contributed by atoms with Crippen molar-refractivity contribution in [3.63, 3.8) is 0 Å². The lowest BCUT2D eigenvalue weighted by Gasteiger charge is -2.30. The Balaban J connectivity index is 4.23. The largest absolute Gasteiger partial charge is 0.305 e. The number of hydrogen-bond donors (Lipinski definition) is 1. The number of nitrogens with one attached hydrogen (secondary N) is 1. The Morgan fingerprint density at radius 1 is 0.909 bits per heavy atom. The number of carbonyl (C=O) groups excluding carboxylic acids is 1. The van der Waals surface area contributed by atoms with Crippen molar-refractivity contribution in [2.24, 2.45) is 10.8 Å². The van der Waals surface area contributed by atoms with Gasteiger partial charge in [-0.05, 0) is 50.0 Å². The molecule has 3 heteroatoms. The van der Waals surface area contributed by atoms with Gasteiger partial charge in [-0.1, -0.05) is 34.6 Å². The van der Waals surface area contributed by atoms with Gasteiger partial charge >= 0.3 is 0 Å². The molecule has 0 bridgehead atoms. The second kappa shape index (κ2) is 8.25. The van der Waals surface area contributed by atoms with Crippen LogP contribution in [0.5, 0.6) is 0 Å². The Hall–Kier alpha value is 0.0600. The molecule has 1 N–H and O–H groups in total. The van der Waals surface area contributed by atoms with Crippen LogP contribution >= 0.6 is 7.26 Å². The zero-order valence-corrected chi connectivity index (χ0v) is 17.6. The molecule has 0 rings (SSSR count). The number of carbonyl (C=O) groups is 1. The van der Waals surface area contributed by atoms with Gasteiger partial charge in [0.15, 0.2) is 0 Å². The Morgan fingerprint density at radius 2 is 1.45 bits per heavy atom. The lowest BCUT2D eigenvalue weighted by atomic mass is 9.84. The highest BCUT2D eigenvalue weighted by Crippen LogP contribution is 2.52. The van der Waals surface area contributed by atoms with Crippen LogP contribution < -0.4 is 5.32 Å². The van der Waals surface area contributed by atoms with Crippen LogP contribution in [0.15, 0.2) is 0 Å². The van der Waals surface area contributed by atoms with Gasteiger partial charge in [-0.25, -0.2) is 0 Å². The summed E-state index contributed by atoms with van der Waals surface area (Å²) < 4.78 is 0. The van der Waals surface area contributed by atoms with E-state index >= 15 is 0 Å². The van der Waals surface area contributed by atoms with E-state index in [1.807, 2.05) is 6.92 Å². The highest BCUT2D eigenvalue weighted by Gasteiger charge is 2.30. The highest BCUT2D eigenvalue weighted by atomic mass is 31.2. The molecule has 2 nitrogen and oxygen atoms in total. The molecule has 0 aliphatic rings. The molecule has 1 unspecified atom stereocenters. The molecule has 0 saturated carbocycles. The fourth-order valence-corrected chi connectivity index (χ4v) is 5.85. The van der Waals surface area contributed by atoms with Gasteiger partial charge in [-0.2, -0.15) is 0 Å². The van der Waals surface area contributed by atoms with E-state index in [2.05, 4.69) is 59.9 Å². The number of aldehydes is 1. The van der Waals surface area contributed by atoms with E-state index in [4.69, 9.17) is 0 Å². The lowest BCUT2D eigenvalue weighted by molar-refractivity contribution is -0.113. The Labute approximate surface area is 140 Å². The van der Waals surface area contributed by atoms with Gasteiger partial charge < -0.3 is 10.1 Å². The van der Waals surface area contributed by atoms with Gasteiger partial charge in [0.05, 0.1) is 11.7 Å². The minimum atomic E-state index is -0.730. The maximum absolute atomic E-state index is 11.5. The second-order valence-corrected chi connectivity index (χ2v) is 15.1. The highest BCUT2D eigenvalue weighted by molar-refractivity contribution is 7.73. The van der Waals surface area contributed by atoms with E-state index in [-0.39, 0.29) is 11.0 Å². The standard InChI is InChI=1S/C19H41NOP/c1-17(2,3)12-13-19(6,15-21)20-14-10-11-18(4,5)16-22(7,8)9/h15,20H,10-14,16H2,1-9H3/q+1. The summed E-state index contributed by atoms with van der Waals surface area (Å²) in [4.78, 5) is 11.5. The van der Waals surface area contributed by atoms with Crippen LogP contribution in [0.1, 0.15) is 67.2 Å². The summed E-state index contributed by atoms with van der Waals surface area (Å²) in [6.07, 6.45) is 6.79. The van der Waals surface area contributed by atoms with Crippen molar-refractivity contribution in [1.29, 1.82) is 0 Å². The Bertz CT molecular complexity index is 338. The Morgan fingerprint density at radius 3 is 1.86 bits per heavy atom. The van der Waals surface area contributed by atoms with Crippen molar-refractivity contribution < 1.29 is 4.79 Å². The van der Waals surface area contributed by atoms with E-state index in [9.17, 15) is 4.79 Å². The Kier molecular flexibility index (Phi) is 8.27. The molecular weight excluding hydrogens is 289 g/mol. The topological polar surface area (TPSA) is 29.1 Å². The van der Waals surface area contributed by atoms with Crippen molar-refractivity contribution in [1.82, 2.24) is 5.32 Å². The van der Waals surface area contributed by atoms with Gasteiger partial charge in [0.2, 0.25) is 0 Å². The molecule has 0 spiro atoms. The minimum absolute atomic E-state index is 0.282. The van der Waals surface area contributed by atoms with Crippen LogP contribution in [0.3, 0.4) is 0 Å². The van der Waals surface area contributed by atoms with Crippen molar-refractivity contribution in [2.75, 3.05) is 32.7 Å². The lowest BCUT2D eigenvalue weighted by Crippen LogP contribution is -2.45. The van der Waals surface area contributed by atoms with Gasteiger partial charge in [-0.15, -0.1) is 0 Å². The molecule has 0 radical (unpaired) electrons. The zero-order chi connectivity index (χ0) is 17.7. The van der Waals surface area contributed by atoms with Gasteiger partial charge in [0.1, 0.15) is 6.29 Å². The smallest absolute Gasteiger partial charge is 0.139 e. The van der Waals surface area contributed by atoms with Gasteiger partial charge in [0.25, 0.3) is 0 Å². The van der Waals surface area contributed by atoms with Crippen molar-refractivity contribution in [3.8, 4) is 0 Å². The van der Waals surface area contributed by atoms with Crippen molar-refractivity contribution in [3.05, 3.63) is 0 Å². The molecule has 0 heterocycles. The minimum Gasteiger partial charge on any atom is -0.305 e. The summed E-state index contributed by atoms with van der Waals surface area (Å²) in [5, 5.41) is 3.49. The molecule has 0 amide bonds. The summed E-state index contributed by atoms with van der Waals surface area (Å²) in [6, 6.07) is 0. The predicted octanol–water partition coefficient (Wildman–Crippen LogP) is 5.07. The third-order valence-corrected chi connectivity index (χ3v) is 5.92. The maximum atomic E-state index is 11.5. The fraction of sp³-hybridized carbons (Fsp3) is 0.947. The van der Waals surface area contributed by atoms with Crippen LogP contribution in [-0.4, -0.2) is 44.5 Å². The molecular formula is C19H41NOP+. The van der Waals surface area contributed by atoms with Crippen molar-refractivity contribution >= 4 is 13.5 Å². The van der Waals surface area contributed by atoms with Crippen LogP contribution in [0.25, 0.3) is 0 Å². The quantitative estimate of drug-likeness (QED) is 0.344. The molecule has 0 aromatic carbocycles. The second-order valence-electron chi connectivity index (χ2n) is 10.2. The van der Waals surface area contributed by atoms with Gasteiger partial charge in [-0.3, -0.25) is 0 Å². The number of hydrogen-bond acceptors (Lipinski definition) is 2. The summed E-state index contributed by atoms with van der Waals surface area (Å²) in [7, 11) is -0.730. The zero-order valence-electron chi connectivity index (χ0n) is 16.7. The monoisotopic (exact) mass is 330 g/mol. The average Bonchev–Trinajstić information content (AvgIpc) is 2.28. The van der Waals surface area contributed by atoms with E-state index in [0.717, 1.165) is 32.1 Å². The van der Waals surface area contributed by atoms with Gasteiger partial charge in [0, 0.05) is 27.3 Å². The third-order valence-electron chi connectivity index (χ3n) is 4.12. The SMILES string of the molecule is CC(C)(C)CCC(C)(C=O)NCCCC(C)(C)C[P+](C)(C)C. The molecule has 0 aromatic heterocycles. The summed E-state index contributed by atoms with van der Waals surface area (Å²) in [5.41, 5.74) is 0.329. The summed E-state index contributed by atoms with van der Waals surface area (Å²) in [5.74, 6) is 0. The first-order chi connectivity index (χ1) is 9.68. The first-order valence-corrected chi connectivity index (χ1v) is 12.0. The van der Waals surface area contributed by atoms with Crippen molar-refractivity contribution in [2.45, 2.75) is 72.8 Å². The van der Waals surface area contributed by atoms with Crippen LogP contribution in [0.4, 0.5) is 0 Å². The van der Waals surface area contributed by atoms with E-state index in [1.165, 1.54) is 12.6 Å². The fourth-order valence-electron chi connectivity index (χ4n) is 3.13. The molecule has 1 atom stereocenters. The van der Waals surface area contributed by atoms with E-state index < -0.39 is 7.26 Å². The molecule has 0 aliphatic heterocycles. The van der Waals surface area contributed by atoms with Crippen LogP contribution in [0.2, 0.25) is 0 Å². The van der Waals surface area contributed by atoms with E-state index in [1.54, 1.807) is 0 Å². The van der Waals surface area contributed by atoms with Crippen LogP contribution in [-0.2, 0) is 4.79 Å². The first-order valence-electron chi connectivity index (χ1n) is 8.70. The summed E-state index contributed by atoms with van der Waals surface area (Å²) >= 11 is 0. The molecule has 0 aliphatic carbocycles. The molecule has 0 fully saturated rings.